The number of guanidine groups is 1. The van der Waals surface area contributed by atoms with Crippen molar-refractivity contribution in [3.8, 4) is 22.8 Å². The fourth-order valence-corrected chi connectivity index (χ4v) is 2.89. The van der Waals surface area contributed by atoms with Gasteiger partial charge in [-0.1, -0.05) is 24.3 Å². The van der Waals surface area contributed by atoms with Crippen molar-refractivity contribution in [3.63, 3.8) is 0 Å². The van der Waals surface area contributed by atoms with Gasteiger partial charge in [-0.15, -0.1) is 0 Å². The molecule has 0 amide bonds. The van der Waals surface area contributed by atoms with E-state index in [0.717, 1.165) is 29.1 Å². The van der Waals surface area contributed by atoms with Gasteiger partial charge in [-0.3, -0.25) is 4.98 Å². The van der Waals surface area contributed by atoms with Gasteiger partial charge >= 0.3 is 0 Å². The fourth-order valence-electron chi connectivity index (χ4n) is 2.89. The molecule has 0 unspecified atom stereocenters. The first-order valence-corrected chi connectivity index (χ1v) is 9.51. The third-order valence-corrected chi connectivity index (χ3v) is 4.30. The van der Waals surface area contributed by atoms with Crippen LogP contribution in [0.15, 0.2) is 71.9 Å². The van der Waals surface area contributed by atoms with E-state index in [2.05, 4.69) is 33.8 Å². The van der Waals surface area contributed by atoms with Crippen LogP contribution in [0.1, 0.15) is 12.5 Å². The van der Waals surface area contributed by atoms with Crippen LogP contribution in [0.25, 0.3) is 11.3 Å². The molecule has 0 atom stereocenters. The van der Waals surface area contributed by atoms with Crippen molar-refractivity contribution in [2.24, 2.45) is 4.99 Å². The molecule has 6 heteroatoms. The molecule has 29 heavy (non-hydrogen) atoms. The number of rotatable bonds is 7. The summed E-state index contributed by atoms with van der Waals surface area (Å²) in [6.45, 7) is 3.34. The maximum absolute atomic E-state index is 5.37. The molecule has 150 valence electrons. The summed E-state index contributed by atoms with van der Waals surface area (Å²) in [5.41, 5.74) is 4.01. The number of hydrogen-bond donors (Lipinski definition) is 2. The van der Waals surface area contributed by atoms with E-state index in [0.29, 0.717) is 24.0 Å². The van der Waals surface area contributed by atoms with E-state index in [4.69, 9.17) is 14.5 Å². The van der Waals surface area contributed by atoms with Gasteiger partial charge in [0.2, 0.25) is 0 Å². The molecule has 2 N–H and O–H groups in total. The maximum Gasteiger partial charge on any atom is 0.196 e. The molecular weight excluding hydrogens is 364 g/mol. The van der Waals surface area contributed by atoms with E-state index in [-0.39, 0.29) is 0 Å². The second kappa shape index (κ2) is 10.1. The third-order valence-electron chi connectivity index (χ3n) is 4.30. The third kappa shape index (κ3) is 5.48. The quantitative estimate of drug-likeness (QED) is 0.464. The van der Waals surface area contributed by atoms with Crippen LogP contribution in [0.5, 0.6) is 11.5 Å². The molecule has 1 heterocycles. The van der Waals surface area contributed by atoms with Crippen molar-refractivity contribution in [3.05, 3.63) is 72.4 Å². The van der Waals surface area contributed by atoms with Crippen LogP contribution in [0.2, 0.25) is 0 Å². The standard InChI is InChI=1S/C23H26N4O2/c1-4-24-23(27-19-11-12-21(28-2)22(15-19)29-3)26-16-17-8-7-9-18(14-17)20-10-5-6-13-25-20/h5-15H,4,16H2,1-3H3,(H2,24,26,27). The van der Waals surface area contributed by atoms with E-state index in [1.54, 1.807) is 20.4 Å². The van der Waals surface area contributed by atoms with E-state index >= 15 is 0 Å². The molecule has 0 radical (unpaired) electrons. The van der Waals surface area contributed by atoms with Gasteiger partial charge in [-0.05, 0) is 42.8 Å². The minimum absolute atomic E-state index is 0.545. The highest BCUT2D eigenvalue weighted by Crippen LogP contribution is 2.29. The zero-order valence-corrected chi connectivity index (χ0v) is 17.0. The second-order valence-corrected chi connectivity index (χ2v) is 6.31. The summed E-state index contributed by atoms with van der Waals surface area (Å²) in [6.07, 6.45) is 1.80. The Hall–Kier alpha value is -3.54. The lowest BCUT2D eigenvalue weighted by Gasteiger charge is -2.14. The minimum atomic E-state index is 0.545. The Balaban J connectivity index is 1.76. The average molecular weight is 390 g/mol. The van der Waals surface area contributed by atoms with Crippen LogP contribution in [-0.2, 0) is 6.54 Å². The van der Waals surface area contributed by atoms with Crippen LogP contribution in [0, 0.1) is 0 Å². The van der Waals surface area contributed by atoms with E-state index in [9.17, 15) is 0 Å². The Labute approximate surface area is 171 Å². The number of nitrogens with zero attached hydrogens (tertiary/aromatic N) is 2. The zero-order valence-electron chi connectivity index (χ0n) is 17.0. The van der Waals surface area contributed by atoms with Crippen molar-refractivity contribution in [2.75, 3.05) is 26.1 Å². The summed E-state index contributed by atoms with van der Waals surface area (Å²) in [6, 6.07) is 19.9. The van der Waals surface area contributed by atoms with Gasteiger partial charge < -0.3 is 20.1 Å². The molecule has 0 bridgehead atoms. The SMILES string of the molecule is CCNC(=NCc1cccc(-c2ccccn2)c1)Nc1ccc(OC)c(OC)c1. The number of aliphatic imine (C=N–C) groups is 1. The van der Waals surface area contributed by atoms with E-state index in [1.807, 2.05) is 49.4 Å². The molecule has 0 aliphatic rings. The Bertz CT molecular complexity index is 958. The molecule has 0 saturated heterocycles. The molecule has 0 aliphatic carbocycles. The first kappa shape index (κ1) is 20.2. The molecule has 1 aromatic heterocycles. The summed E-state index contributed by atoms with van der Waals surface area (Å²) >= 11 is 0. The summed E-state index contributed by atoms with van der Waals surface area (Å²) in [5, 5.41) is 6.58. The number of ether oxygens (including phenoxy) is 2. The number of aromatic nitrogens is 1. The molecule has 0 fully saturated rings. The van der Waals surface area contributed by atoms with Gasteiger partial charge in [-0.25, -0.2) is 4.99 Å². The highest BCUT2D eigenvalue weighted by atomic mass is 16.5. The monoisotopic (exact) mass is 390 g/mol. The van der Waals surface area contributed by atoms with E-state index in [1.165, 1.54) is 0 Å². The Morgan fingerprint density at radius 1 is 0.966 bits per heavy atom. The normalized spacial score (nSPS) is 11.1. The summed E-state index contributed by atoms with van der Waals surface area (Å²) in [7, 11) is 3.24. The average Bonchev–Trinajstić information content (AvgIpc) is 2.78. The fraction of sp³-hybridized carbons (Fsp3) is 0.217. The lowest BCUT2D eigenvalue weighted by molar-refractivity contribution is 0.355. The van der Waals surface area contributed by atoms with Gasteiger partial charge in [0.15, 0.2) is 17.5 Å². The smallest absolute Gasteiger partial charge is 0.196 e. The molecule has 0 aliphatic heterocycles. The number of pyridine rings is 1. The van der Waals surface area contributed by atoms with Crippen LogP contribution in [0.4, 0.5) is 5.69 Å². The molecular formula is C23H26N4O2. The van der Waals surface area contributed by atoms with Crippen molar-refractivity contribution in [2.45, 2.75) is 13.5 Å². The van der Waals surface area contributed by atoms with Crippen LogP contribution in [-0.4, -0.2) is 31.7 Å². The number of anilines is 1. The zero-order chi connectivity index (χ0) is 20.5. The minimum Gasteiger partial charge on any atom is -0.493 e. The van der Waals surface area contributed by atoms with Crippen molar-refractivity contribution in [1.82, 2.24) is 10.3 Å². The van der Waals surface area contributed by atoms with Crippen molar-refractivity contribution < 1.29 is 9.47 Å². The highest BCUT2D eigenvalue weighted by molar-refractivity contribution is 5.93. The molecule has 3 aromatic rings. The Morgan fingerprint density at radius 3 is 2.55 bits per heavy atom. The first-order valence-electron chi connectivity index (χ1n) is 9.51. The van der Waals surface area contributed by atoms with Gasteiger partial charge in [0.1, 0.15) is 0 Å². The topological polar surface area (TPSA) is 67.8 Å². The number of methoxy groups -OCH3 is 2. The van der Waals surface area contributed by atoms with Crippen LogP contribution < -0.4 is 20.1 Å². The van der Waals surface area contributed by atoms with Crippen molar-refractivity contribution >= 4 is 11.6 Å². The van der Waals surface area contributed by atoms with Gasteiger partial charge in [-0.2, -0.15) is 0 Å². The number of benzene rings is 2. The molecule has 6 nitrogen and oxygen atoms in total. The summed E-state index contributed by atoms with van der Waals surface area (Å²) in [5.74, 6) is 2.05. The summed E-state index contributed by atoms with van der Waals surface area (Å²) < 4.78 is 10.7. The predicted octanol–water partition coefficient (Wildman–Crippen LogP) is 4.34. The Kier molecular flexibility index (Phi) is 7.05. The van der Waals surface area contributed by atoms with Crippen molar-refractivity contribution in [1.29, 1.82) is 0 Å². The second-order valence-electron chi connectivity index (χ2n) is 6.31. The molecule has 3 rings (SSSR count). The van der Waals surface area contributed by atoms with Gasteiger partial charge in [0, 0.05) is 30.1 Å². The van der Waals surface area contributed by atoms with Crippen LogP contribution in [0.3, 0.4) is 0 Å². The Morgan fingerprint density at radius 2 is 1.83 bits per heavy atom. The summed E-state index contributed by atoms with van der Waals surface area (Å²) in [4.78, 5) is 9.13. The van der Waals surface area contributed by atoms with Gasteiger partial charge in [0.05, 0.1) is 26.5 Å². The first-order chi connectivity index (χ1) is 14.2. The van der Waals surface area contributed by atoms with Gasteiger partial charge in [0.25, 0.3) is 0 Å². The number of nitrogens with one attached hydrogen (secondary N) is 2. The van der Waals surface area contributed by atoms with E-state index < -0.39 is 0 Å². The maximum atomic E-state index is 5.37. The lowest BCUT2D eigenvalue weighted by Crippen LogP contribution is -2.30. The molecule has 0 spiro atoms. The molecule has 2 aromatic carbocycles. The number of hydrogen-bond acceptors (Lipinski definition) is 4. The van der Waals surface area contributed by atoms with Crippen LogP contribution >= 0.6 is 0 Å². The molecule has 0 saturated carbocycles. The highest BCUT2D eigenvalue weighted by Gasteiger charge is 2.06. The lowest BCUT2D eigenvalue weighted by atomic mass is 10.1. The largest absolute Gasteiger partial charge is 0.493 e. The predicted molar refractivity (Wildman–Crippen MR) is 118 cm³/mol.